The van der Waals surface area contributed by atoms with E-state index in [9.17, 15) is 0 Å². The van der Waals surface area contributed by atoms with Crippen LogP contribution in [0.2, 0.25) is 0 Å². The molecule has 0 fully saturated rings. The van der Waals surface area contributed by atoms with E-state index in [1.54, 1.807) is 7.11 Å². The van der Waals surface area contributed by atoms with Gasteiger partial charge in [-0.3, -0.25) is 0 Å². The van der Waals surface area contributed by atoms with Crippen LogP contribution in [0.4, 0.5) is 0 Å². The summed E-state index contributed by atoms with van der Waals surface area (Å²) in [6.45, 7) is 3.56. The number of aromatic nitrogens is 2. The number of methoxy groups -OCH3 is 1. The fourth-order valence-corrected chi connectivity index (χ4v) is 1.44. The Morgan fingerprint density at radius 3 is 2.94 bits per heavy atom. The van der Waals surface area contributed by atoms with Crippen LogP contribution < -0.4 is 4.74 Å². The summed E-state index contributed by atoms with van der Waals surface area (Å²) in [4.78, 5) is 4.15. The molecule has 0 N–H and O–H groups in total. The van der Waals surface area contributed by atoms with E-state index in [0.717, 1.165) is 11.3 Å². The largest absolute Gasteiger partial charge is 0.496 e. The van der Waals surface area contributed by atoms with E-state index in [2.05, 4.69) is 16.7 Å². The summed E-state index contributed by atoms with van der Waals surface area (Å²) >= 11 is 0. The van der Waals surface area contributed by atoms with E-state index in [1.807, 2.05) is 24.3 Å². The van der Waals surface area contributed by atoms with E-state index in [1.165, 1.54) is 6.08 Å². The Balaban J connectivity index is 2.22. The van der Waals surface area contributed by atoms with Gasteiger partial charge in [-0.25, -0.2) is 0 Å². The first-order valence-electron chi connectivity index (χ1n) is 4.90. The fourth-order valence-electron chi connectivity index (χ4n) is 1.44. The van der Waals surface area contributed by atoms with E-state index in [0.29, 0.717) is 18.1 Å². The Kier molecular flexibility index (Phi) is 3.00. The minimum absolute atomic E-state index is 0.435. The lowest BCUT2D eigenvalue weighted by Crippen LogP contribution is -1.95. The Bertz CT molecular complexity index is 491. The molecule has 2 aromatic rings. The molecule has 0 aliphatic rings. The molecule has 16 heavy (non-hydrogen) atoms. The van der Waals surface area contributed by atoms with E-state index in [-0.39, 0.29) is 0 Å². The van der Waals surface area contributed by atoms with Gasteiger partial charge in [0.2, 0.25) is 5.89 Å². The molecule has 0 aliphatic heterocycles. The van der Waals surface area contributed by atoms with Crippen LogP contribution in [0, 0.1) is 0 Å². The van der Waals surface area contributed by atoms with Crippen molar-refractivity contribution in [2.75, 3.05) is 7.11 Å². The van der Waals surface area contributed by atoms with Gasteiger partial charge in [0.05, 0.1) is 7.11 Å². The van der Waals surface area contributed by atoms with Gasteiger partial charge in [-0.2, -0.15) is 4.98 Å². The number of benzene rings is 1. The minimum Gasteiger partial charge on any atom is -0.496 e. The van der Waals surface area contributed by atoms with Gasteiger partial charge >= 0.3 is 0 Å². The van der Waals surface area contributed by atoms with Crippen LogP contribution in [0.3, 0.4) is 0 Å². The van der Waals surface area contributed by atoms with E-state index in [4.69, 9.17) is 9.26 Å². The van der Waals surface area contributed by atoms with Crippen LogP contribution >= 0.6 is 0 Å². The van der Waals surface area contributed by atoms with Gasteiger partial charge in [-0.1, -0.05) is 29.9 Å². The maximum atomic E-state index is 5.24. The molecule has 82 valence electrons. The van der Waals surface area contributed by atoms with Crippen molar-refractivity contribution < 1.29 is 9.26 Å². The van der Waals surface area contributed by atoms with E-state index < -0.39 is 0 Å². The van der Waals surface area contributed by atoms with Crippen LogP contribution in [0.1, 0.15) is 17.3 Å². The van der Waals surface area contributed by atoms with Crippen LogP contribution in [-0.2, 0) is 6.42 Å². The third-order valence-electron chi connectivity index (χ3n) is 2.20. The molecule has 0 amide bonds. The summed E-state index contributed by atoms with van der Waals surface area (Å²) in [5.41, 5.74) is 1.03. The summed E-state index contributed by atoms with van der Waals surface area (Å²) < 4.78 is 10.2. The SMILES string of the molecule is C=Cc1nc(Cc2ccccc2OC)no1. The van der Waals surface area contributed by atoms with Gasteiger partial charge in [0, 0.05) is 12.0 Å². The van der Waals surface area contributed by atoms with Crippen molar-refractivity contribution in [3.63, 3.8) is 0 Å². The molecule has 2 rings (SSSR count). The normalized spacial score (nSPS) is 10.1. The molecule has 4 heteroatoms. The topological polar surface area (TPSA) is 48.2 Å². The van der Waals surface area contributed by atoms with Crippen molar-refractivity contribution in [3.8, 4) is 5.75 Å². The number of para-hydroxylation sites is 1. The highest BCUT2D eigenvalue weighted by Gasteiger charge is 2.08. The third-order valence-corrected chi connectivity index (χ3v) is 2.20. The molecule has 0 spiro atoms. The molecule has 0 unspecified atom stereocenters. The van der Waals surface area contributed by atoms with E-state index >= 15 is 0 Å². The predicted octanol–water partition coefficient (Wildman–Crippen LogP) is 2.31. The van der Waals surface area contributed by atoms with Crippen LogP contribution in [0.25, 0.3) is 6.08 Å². The molecule has 0 saturated carbocycles. The highest BCUT2D eigenvalue weighted by Crippen LogP contribution is 2.19. The zero-order valence-electron chi connectivity index (χ0n) is 9.01. The second kappa shape index (κ2) is 4.61. The van der Waals surface area contributed by atoms with Crippen molar-refractivity contribution in [2.45, 2.75) is 6.42 Å². The Hall–Kier alpha value is -2.10. The Morgan fingerprint density at radius 1 is 1.44 bits per heavy atom. The van der Waals surface area contributed by atoms with Crippen molar-refractivity contribution in [2.24, 2.45) is 0 Å². The fraction of sp³-hybridized carbons (Fsp3) is 0.167. The average Bonchev–Trinajstić information content (AvgIpc) is 2.77. The van der Waals surface area contributed by atoms with Crippen molar-refractivity contribution >= 4 is 6.08 Å². The van der Waals surface area contributed by atoms with Gasteiger partial charge < -0.3 is 9.26 Å². The van der Waals surface area contributed by atoms with Gasteiger partial charge in [-0.05, 0) is 12.1 Å². The Morgan fingerprint density at radius 2 is 2.25 bits per heavy atom. The monoisotopic (exact) mass is 216 g/mol. The number of rotatable bonds is 4. The molecule has 1 aromatic carbocycles. The first kappa shape index (κ1) is 10.4. The van der Waals surface area contributed by atoms with Gasteiger partial charge in [-0.15, -0.1) is 0 Å². The summed E-state index contributed by atoms with van der Waals surface area (Å²) in [5.74, 6) is 1.89. The molecule has 1 heterocycles. The molecule has 4 nitrogen and oxygen atoms in total. The number of hydrogen-bond acceptors (Lipinski definition) is 4. The van der Waals surface area contributed by atoms with Crippen molar-refractivity contribution in [1.29, 1.82) is 0 Å². The summed E-state index contributed by atoms with van der Waals surface area (Å²) in [6, 6.07) is 7.76. The molecule has 1 aromatic heterocycles. The van der Waals surface area contributed by atoms with Crippen LogP contribution in [-0.4, -0.2) is 17.3 Å². The standard InChI is InChI=1S/C12H12N2O2/c1-3-12-13-11(14-16-12)8-9-6-4-5-7-10(9)15-2/h3-7H,1,8H2,2H3. The third kappa shape index (κ3) is 2.11. The maximum Gasteiger partial charge on any atom is 0.250 e. The van der Waals surface area contributed by atoms with Gasteiger partial charge in [0.1, 0.15) is 5.75 Å². The molecular weight excluding hydrogens is 204 g/mol. The summed E-state index contributed by atoms with van der Waals surface area (Å²) in [5, 5.41) is 3.84. The van der Waals surface area contributed by atoms with Gasteiger partial charge in [0.15, 0.2) is 5.82 Å². The maximum absolute atomic E-state index is 5.24. The molecule has 0 bridgehead atoms. The highest BCUT2D eigenvalue weighted by atomic mass is 16.5. The lowest BCUT2D eigenvalue weighted by Gasteiger charge is -2.04. The van der Waals surface area contributed by atoms with Crippen LogP contribution in [0.5, 0.6) is 5.75 Å². The average molecular weight is 216 g/mol. The molecular formula is C12H12N2O2. The number of hydrogen-bond donors (Lipinski definition) is 0. The number of ether oxygens (including phenoxy) is 1. The summed E-state index contributed by atoms with van der Waals surface area (Å²) in [6.07, 6.45) is 2.11. The minimum atomic E-state index is 0.435. The quantitative estimate of drug-likeness (QED) is 0.786. The molecule has 0 radical (unpaired) electrons. The first-order valence-corrected chi connectivity index (χ1v) is 4.90. The lowest BCUT2D eigenvalue weighted by atomic mass is 10.1. The second-order valence-corrected chi connectivity index (χ2v) is 3.24. The predicted molar refractivity (Wildman–Crippen MR) is 60.2 cm³/mol. The molecule has 0 saturated heterocycles. The molecule has 0 aliphatic carbocycles. The second-order valence-electron chi connectivity index (χ2n) is 3.24. The zero-order chi connectivity index (χ0) is 11.4. The van der Waals surface area contributed by atoms with Crippen molar-refractivity contribution in [3.05, 3.63) is 48.1 Å². The smallest absolute Gasteiger partial charge is 0.250 e. The molecule has 0 atom stereocenters. The highest BCUT2D eigenvalue weighted by molar-refractivity contribution is 5.36. The summed E-state index contributed by atoms with van der Waals surface area (Å²) in [7, 11) is 1.64. The van der Waals surface area contributed by atoms with Crippen molar-refractivity contribution in [1.82, 2.24) is 10.1 Å². The zero-order valence-corrected chi connectivity index (χ0v) is 9.01. The lowest BCUT2D eigenvalue weighted by molar-refractivity contribution is 0.400. The number of nitrogens with zero attached hydrogens (tertiary/aromatic N) is 2. The first-order chi connectivity index (χ1) is 7.83. The van der Waals surface area contributed by atoms with Crippen LogP contribution in [0.15, 0.2) is 35.4 Å². The Labute approximate surface area is 93.6 Å². The van der Waals surface area contributed by atoms with Gasteiger partial charge in [0.25, 0.3) is 0 Å².